The standard InChI is InChI=1S/C11H18O4/c1-5-15-10(13)11(2,3)8-6-7(8)9(12)14-4/h7-8H,5-6H2,1-4H3. The molecule has 1 rings (SSSR count). The van der Waals surface area contributed by atoms with E-state index in [9.17, 15) is 9.59 Å². The van der Waals surface area contributed by atoms with Gasteiger partial charge in [-0.15, -0.1) is 0 Å². The summed E-state index contributed by atoms with van der Waals surface area (Å²) in [4.78, 5) is 22.9. The highest BCUT2D eigenvalue weighted by Gasteiger charge is 2.56. The number of carbonyl (C=O) groups is 2. The van der Waals surface area contributed by atoms with Gasteiger partial charge in [-0.25, -0.2) is 0 Å². The Morgan fingerprint density at radius 2 is 2.00 bits per heavy atom. The van der Waals surface area contributed by atoms with Crippen LogP contribution in [0.3, 0.4) is 0 Å². The predicted molar refractivity (Wildman–Crippen MR) is 54.0 cm³/mol. The maximum Gasteiger partial charge on any atom is 0.311 e. The van der Waals surface area contributed by atoms with Gasteiger partial charge in [0.2, 0.25) is 0 Å². The van der Waals surface area contributed by atoms with Gasteiger partial charge in [-0.3, -0.25) is 9.59 Å². The van der Waals surface area contributed by atoms with Crippen molar-refractivity contribution < 1.29 is 19.1 Å². The van der Waals surface area contributed by atoms with Crippen LogP contribution in [0.25, 0.3) is 0 Å². The van der Waals surface area contributed by atoms with E-state index in [0.717, 1.165) is 6.42 Å². The zero-order valence-corrected chi connectivity index (χ0v) is 9.70. The van der Waals surface area contributed by atoms with Crippen LogP contribution in [-0.2, 0) is 19.1 Å². The number of esters is 2. The molecule has 15 heavy (non-hydrogen) atoms. The lowest BCUT2D eigenvalue weighted by Crippen LogP contribution is -2.30. The number of carbonyl (C=O) groups excluding carboxylic acids is 2. The van der Waals surface area contributed by atoms with Gasteiger partial charge in [0.1, 0.15) is 0 Å². The largest absolute Gasteiger partial charge is 0.469 e. The molecule has 1 fully saturated rings. The quantitative estimate of drug-likeness (QED) is 0.663. The Kier molecular flexibility index (Phi) is 3.37. The molecule has 0 radical (unpaired) electrons. The first-order chi connectivity index (χ1) is 6.95. The lowest BCUT2D eigenvalue weighted by molar-refractivity contribution is -0.155. The van der Waals surface area contributed by atoms with Crippen LogP contribution in [0.4, 0.5) is 0 Å². The maximum absolute atomic E-state index is 11.6. The summed E-state index contributed by atoms with van der Waals surface area (Å²) in [6.45, 7) is 5.79. The van der Waals surface area contributed by atoms with Crippen molar-refractivity contribution >= 4 is 11.9 Å². The summed E-state index contributed by atoms with van der Waals surface area (Å²) in [5.41, 5.74) is -0.588. The number of hydrogen-bond acceptors (Lipinski definition) is 4. The van der Waals surface area contributed by atoms with Crippen molar-refractivity contribution in [1.82, 2.24) is 0 Å². The van der Waals surface area contributed by atoms with Gasteiger partial charge in [0.05, 0.1) is 25.0 Å². The maximum atomic E-state index is 11.6. The number of methoxy groups -OCH3 is 1. The van der Waals surface area contributed by atoms with Crippen LogP contribution in [0.2, 0.25) is 0 Å². The zero-order valence-electron chi connectivity index (χ0n) is 9.70. The van der Waals surface area contributed by atoms with Gasteiger partial charge in [-0.05, 0) is 33.1 Å². The predicted octanol–water partition coefficient (Wildman–Crippen LogP) is 1.38. The van der Waals surface area contributed by atoms with Crippen molar-refractivity contribution in [3.8, 4) is 0 Å². The third kappa shape index (κ3) is 2.30. The molecule has 0 spiro atoms. The van der Waals surface area contributed by atoms with Crippen molar-refractivity contribution in [1.29, 1.82) is 0 Å². The average Bonchev–Trinajstić information content (AvgIpc) is 2.97. The second-order valence-electron chi connectivity index (χ2n) is 4.41. The highest BCUT2D eigenvalue weighted by Crippen LogP contribution is 2.51. The van der Waals surface area contributed by atoms with Gasteiger partial charge < -0.3 is 9.47 Å². The molecule has 0 N–H and O–H groups in total. The Balaban J connectivity index is 2.58. The summed E-state index contributed by atoms with van der Waals surface area (Å²) < 4.78 is 9.63. The Labute approximate surface area is 89.9 Å². The fourth-order valence-corrected chi connectivity index (χ4v) is 1.87. The molecule has 0 heterocycles. The van der Waals surface area contributed by atoms with Gasteiger partial charge in [-0.2, -0.15) is 0 Å². The molecule has 0 aromatic heterocycles. The lowest BCUT2D eigenvalue weighted by atomic mass is 9.86. The lowest BCUT2D eigenvalue weighted by Gasteiger charge is -2.22. The highest BCUT2D eigenvalue weighted by atomic mass is 16.5. The van der Waals surface area contributed by atoms with Crippen molar-refractivity contribution in [3.63, 3.8) is 0 Å². The van der Waals surface area contributed by atoms with Crippen LogP contribution in [0.15, 0.2) is 0 Å². The molecule has 2 atom stereocenters. The molecule has 0 aliphatic heterocycles. The van der Waals surface area contributed by atoms with Crippen molar-refractivity contribution in [2.45, 2.75) is 27.2 Å². The topological polar surface area (TPSA) is 52.6 Å². The molecule has 4 nitrogen and oxygen atoms in total. The minimum absolute atomic E-state index is 0.0593. The second kappa shape index (κ2) is 4.21. The van der Waals surface area contributed by atoms with Crippen LogP contribution >= 0.6 is 0 Å². The van der Waals surface area contributed by atoms with Gasteiger partial charge >= 0.3 is 11.9 Å². The third-order valence-corrected chi connectivity index (χ3v) is 3.02. The molecule has 0 amide bonds. The molecule has 1 aliphatic rings. The first-order valence-corrected chi connectivity index (χ1v) is 5.20. The average molecular weight is 214 g/mol. The van der Waals surface area contributed by atoms with Gasteiger partial charge in [-0.1, -0.05) is 0 Å². The number of hydrogen-bond donors (Lipinski definition) is 0. The van der Waals surface area contributed by atoms with Crippen LogP contribution in [0, 0.1) is 17.3 Å². The molecule has 1 aliphatic carbocycles. The Morgan fingerprint density at radius 1 is 1.40 bits per heavy atom. The molecular weight excluding hydrogens is 196 g/mol. The van der Waals surface area contributed by atoms with E-state index >= 15 is 0 Å². The monoisotopic (exact) mass is 214 g/mol. The molecule has 4 heteroatoms. The van der Waals surface area contributed by atoms with Gasteiger partial charge in [0.25, 0.3) is 0 Å². The van der Waals surface area contributed by atoms with Crippen LogP contribution in [-0.4, -0.2) is 25.7 Å². The molecular formula is C11H18O4. The van der Waals surface area contributed by atoms with Crippen molar-refractivity contribution in [2.75, 3.05) is 13.7 Å². The Morgan fingerprint density at radius 3 is 2.47 bits per heavy atom. The molecule has 0 aromatic carbocycles. The van der Waals surface area contributed by atoms with E-state index in [4.69, 9.17) is 4.74 Å². The molecule has 0 saturated heterocycles. The van der Waals surface area contributed by atoms with Gasteiger partial charge in [0.15, 0.2) is 0 Å². The van der Waals surface area contributed by atoms with E-state index in [1.165, 1.54) is 7.11 Å². The Hall–Kier alpha value is -1.06. The Bertz CT molecular complexity index is 270. The van der Waals surface area contributed by atoms with E-state index in [0.29, 0.717) is 6.61 Å². The molecule has 86 valence electrons. The number of rotatable bonds is 4. The smallest absolute Gasteiger partial charge is 0.311 e. The SMILES string of the molecule is CCOC(=O)C(C)(C)C1CC1C(=O)OC. The minimum Gasteiger partial charge on any atom is -0.469 e. The highest BCUT2D eigenvalue weighted by molar-refractivity contribution is 5.81. The second-order valence-corrected chi connectivity index (χ2v) is 4.41. The van der Waals surface area contributed by atoms with E-state index < -0.39 is 5.41 Å². The van der Waals surface area contributed by atoms with Crippen molar-refractivity contribution in [3.05, 3.63) is 0 Å². The summed E-state index contributed by atoms with van der Waals surface area (Å²) in [7, 11) is 1.37. The van der Waals surface area contributed by atoms with E-state index in [2.05, 4.69) is 4.74 Å². The van der Waals surface area contributed by atoms with Crippen molar-refractivity contribution in [2.24, 2.45) is 17.3 Å². The van der Waals surface area contributed by atoms with Crippen LogP contribution in [0.5, 0.6) is 0 Å². The molecule has 0 aromatic rings. The first-order valence-electron chi connectivity index (χ1n) is 5.20. The fourth-order valence-electron chi connectivity index (χ4n) is 1.87. The van der Waals surface area contributed by atoms with Crippen LogP contribution in [0.1, 0.15) is 27.2 Å². The van der Waals surface area contributed by atoms with Gasteiger partial charge in [0, 0.05) is 0 Å². The summed E-state index contributed by atoms with van der Waals surface area (Å²) in [6.07, 6.45) is 0.721. The number of ether oxygens (including phenoxy) is 2. The summed E-state index contributed by atoms with van der Waals surface area (Å²) in [5, 5.41) is 0. The first kappa shape index (κ1) is 12.0. The van der Waals surface area contributed by atoms with E-state index in [1.54, 1.807) is 6.92 Å². The minimum atomic E-state index is -0.588. The van der Waals surface area contributed by atoms with Crippen LogP contribution < -0.4 is 0 Å². The third-order valence-electron chi connectivity index (χ3n) is 3.02. The summed E-state index contributed by atoms with van der Waals surface area (Å²) in [6, 6.07) is 0. The summed E-state index contributed by atoms with van der Waals surface area (Å²) >= 11 is 0. The molecule has 0 bridgehead atoms. The molecule has 2 unspecified atom stereocenters. The van der Waals surface area contributed by atoms with E-state index in [1.807, 2.05) is 13.8 Å². The zero-order chi connectivity index (χ0) is 11.6. The molecule has 1 saturated carbocycles. The normalized spacial score (nSPS) is 24.5. The van der Waals surface area contributed by atoms with E-state index in [-0.39, 0.29) is 23.8 Å². The summed E-state index contributed by atoms with van der Waals surface area (Å²) in [5.74, 6) is -0.530. The fraction of sp³-hybridized carbons (Fsp3) is 0.818.